The Bertz CT molecular complexity index is 760. The van der Waals surface area contributed by atoms with E-state index in [-0.39, 0.29) is 22.7 Å². The van der Waals surface area contributed by atoms with Gasteiger partial charge in [-0.15, -0.1) is 11.8 Å². The molecule has 0 fully saturated rings. The van der Waals surface area contributed by atoms with Crippen LogP contribution in [0.2, 0.25) is 0 Å². The standard InChI is InChI=1S/C16H17N3O4S/c17-15(21)14-10-3-1-2-4-13(10)24-16(14)18-8-9-5-6-12(20)11(7-9)19(22)23/h5-8,14,16,20H,1-4H2,(H2,17,21)/b18-8+. The molecule has 0 saturated carbocycles. The summed E-state index contributed by atoms with van der Waals surface area (Å²) in [5.41, 5.74) is 6.79. The van der Waals surface area contributed by atoms with E-state index in [2.05, 4.69) is 4.99 Å². The Hall–Kier alpha value is -2.35. The van der Waals surface area contributed by atoms with Crippen molar-refractivity contribution in [2.24, 2.45) is 16.6 Å². The Balaban J connectivity index is 1.83. The summed E-state index contributed by atoms with van der Waals surface area (Å²) in [7, 11) is 0. The van der Waals surface area contributed by atoms with E-state index in [1.165, 1.54) is 29.3 Å². The highest BCUT2D eigenvalue weighted by molar-refractivity contribution is 8.04. The summed E-state index contributed by atoms with van der Waals surface area (Å²) in [5.74, 6) is -1.18. The highest BCUT2D eigenvalue weighted by Gasteiger charge is 2.39. The van der Waals surface area contributed by atoms with Crippen molar-refractivity contribution in [2.75, 3.05) is 0 Å². The number of nitrogens with two attached hydrogens (primary N) is 1. The summed E-state index contributed by atoms with van der Waals surface area (Å²) in [6.07, 6.45) is 5.51. The van der Waals surface area contributed by atoms with Gasteiger partial charge in [-0.05, 0) is 53.9 Å². The second-order valence-corrected chi connectivity index (χ2v) is 7.04. The molecule has 0 saturated heterocycles. The summed E-state index contributed by atoms with van der Waals surface area (Å²) in [4.78, 5) is 27.7. The van der Waals surface area contributed by atoms with Crippen LogP contribution in [0, 0.1) is 16.0 Å². The van der Waals surface area contributed by atoms with Crippen LogP contribution in [-0.4, -0.2) is 27.5 Å². The summed E-state index contributed by atoms with van der Waals surface area (Å²) in [6.45, 7) is 0. The Morgan fingerprint density at radius 1 is 1.42 bits per heavy atom. The Morgan fingerprint density at radius 2 is 2.17 bits per heavy atom. The van der Waals surface area contributed by atoms with Crippen molar-refractivity contribution in [1.82, 2.24) is 0 Å². The van der Waals surface area contributed by atoms with Crippen LogP contribution in [0.1, 0.15) is 31.2 Å². The number of nitro benzene ring substituents is 1. The van der Waals surface area contributed by atoms with Crippen molar-refractivity contribution in [3.05, 3.63) is 44.4 Å². The number of amides is 1. The Labute approximate surface area is 142 Å². The largest absolute Gasteiger partial charge is 0.502 e. The number of nitro groups is 1. The van der Waals surface area contributed by atoms with E-state index in [1.54, 1.807) is 11.8 Å². The molecule has 1 aromatic rings. The molecule has 1 amide bonds. The number of hydrogen-bond acceptors (Lipinski definition) is 6. The molecule has 2 aliphatic rings. The summed E-state index contributed by atoms with van der Waals surface area (Å²) in [5, 5.41) is 20.0. The number of nitrogens with zero attached hydrogens (tertiary/aromatic N) is 2. The molecule has 0 aromatic heterocycles. The van der Waals surface area contributed by atoms with Crippen LogP contribution in [-0.2, 0) is 4.79 Å². The number of thioether (sulfide) groups is 1. The molecule has 1 aliphatic carbocycles. The molecule has 126 valence electrons. The number of rotatable bonds is 4. The van der Waals surface area contributed by atoms with E-state index in [9.17, 15) is 20.0 Å². The van der Waals surface area contributed by atoms with E-state index in [0.717, 1.165) is 31.3 Å². The number of aliphatic imine (C=N–C) groups is 1. The molecule has 1 aromatic carbocycles. The number of primary amides is 1. The maximum atomic E-state index is 11.8. The van der Waals surface area contributed by atoms with E-state index in [4.69, 9.17) is 5.73 Å². The van der Waals surface area contributed by atoms with Gasteiger partial charge < -0.3 is 10.8 Å². The predicted octanol–water partition coefficient (Wildman–Crippen LogP) is 2.72. The second kappa shape index (κ2) is 6.64. The number of allylic oxidation sites excluding steroid dienone is 1. The maximum Gasteiger partial charge on any atom is 0.311 e. The Kier molecular flexibility index (Phi) is 4.57. The lowest BCUT2D eigenvalue weighted by Gasteiger charge is -2.17. The minimum absolute atomic E-state index is 0.321. The number of carbonyl (C=O) groups is 1. The topological polar surface area (TPSA) is 119 Å². The number of phenolic OH excluding ortho intramolecular Hbond substituents is 1. The summed E-state index contributed by atoms with van der Waals surface area (Å²) >= 11 is 1.56. The van der Waals surface area contributed by atoms with Crippen LogP contribution in [0.15, 0.2) is 33.7 Å². The van der Waals surface area contributed by atoms with Crippen LogP contribution in [0.25, 0.3) is 0 Å². The lowest BCUT2D eigenvalue weighted by Crippen LogP contribution is -2.30. The third kappa shape index (κ3) is 3.14. The molecule has 3 rings (SSSR count). The number of hydrogen-bond donors (Lipinski definition) is 2. The van der Waals surface area contributed by atoms with E-state index in [0.29, 0.717) is 5.56 Å². The van der Waals surface area contributed by atoms with Gasteiger partial charge in [0, 0.05) is 12.3 Å². The molecular formula is C16H17N3O4S. The zero-order chi connectivity index (χ0) is 17.3. The fourth-order valence-electron chi connectivity index (χ4n) is 3.11. The van der Waals surface area contributed by atoms with Gasteiger partial charge in [0.2, 0.25) is 5.91 Å². The molecule has 2 atom stereocenters. The minimum atomic E-state index is -0.649. The summed E-state index contributed by atoms with van der Waals surface area (Å²) in [6, 6.07) is 4.05. The highest BCUT2D eigenvalue weighted by atomic mass is 32.2. The molecule has 1 aliphatic heterocycles. The van der Waals surface area contributed by atoms with Crippen molar-refractivity contribution in [3.63, 3.8) is 0 Å². The third-order valence-corrected chi connectivity index (χ3v) is 5.64. The number of aromatic hydroxyl groups is 1. The fourth-order valence-corrected chi connectivity index (χ4v) is 4.60. The lowest BCUT2D eigenvalue weighted by molar-refractivity contribution is -0.385. The van der Waals surface area contributed by atoms with Crippen molar-refractivity contribution in [3.8, 4) is 5.75 Å². The average Bonchev–Trinajstić information content (AvgIpc) is 2.92. The Morgan fingerprint density at radius 3 is 2.88 bits per heavy atom. The third-order valence-electron chi connectivity index (χ3n) is 4.25. The van der Waals surface area contributed by atoms with Gasteiger partial charge in [-0.3, -0.25) is 19.9 Å². The van der Waals surface area contributed by atoms with Gasteiger partial charge in [-0.2, -0.15) is 0 Å². The molecule has 7 nitrogen and oxygen atoms in total. The van der Waals surface area contributed by atoms with Crippen molar-refractivity contribution >= 4 is 29.6 Å². The molecule has 24 heavy (non-hydrogen) atoms. The number of benzene rings is 1. The zero-order valence-electron chi connectivity index (χ0n) is 12.8. The van der Waals surface area contributed by atoms with Gasteiger partial charge in [0.25, 0.3) is 0 Å². The first-order chi connectivity index (χ1) is 11.5. The van der Waals surface area contributed by atoms with E-state index >= 15 is 0 Å². The van der Waals surface area contributed by atoms with Crippen LogP contribution in [0.3, 0.4) is 0 Å². The first-order valence-corrected chi connectivity index (χ1v) is 8.54. The molecule has 1 heterocycles. The van der Waals surface area contributed by atoms with Crippen molar-refractivity contribution in [2.45, 2.75) is 31.1 Å². The summed E-state index contributed by atoms with van der Waals surface area (Å²) < 4.78 is 0. The van der Waals surface area contributed by atoms with Gasteiger partial charge in [0.05, 0.1) is 10.8 Å². The molecule has 2 unspecified atom stereocenters. The predicted molar refractivity (Wildman–Crippen MR) is 91.9 cm³/mol. The van der Waals surface area contributed by atoms with Crippen LogP contribution >= 0.6 is 11.8 Å². The zero-order valence-corrected chi connectivity index (χ0v) is 13.7. The van der Waals surface area contributed by atoms with Gasteiger partial charge in [-0.1, -0.05) is 0 Å². The monoisotopic (exact) mass is 347 g/mol. The van der Waals surface area contributed by atoms with Crippen molar-refractivity contribution < 1.29 is 14.8 Å². The molecular weight excluding hydrogens is 330 g/mol. The van der Waals surface area contributed by atoms with Crippen LogP contribution in [0.4, 0.5) is 5.69 Å². The van der Waals surface area contributed by atoms with Crippen LogP contribution in [0.5, 0.6) is 5.75 Å². The first kappa shape index (κ1) is 16.5. The average molecular weight is 347 g/mol. The lowest BCUT2D eigenvalue weighted by atomic mass is 9.89. The molecule has 0 spiro atoms. The fraction of sp³-hybridized carbons (Fsp3) is 0.375. The molecule has 0 bridgehead atoms. The second-order valence-electron chi connectivity index (χ2n) is 5.83. The van der Waals surface area contributed by atoms with Gasteiger partial charge in [-0.25, -0.2) is 0 Å². The highest BCUT2D eigenvalue weighted by Crippen LogP contribution is 2.49. The van der Waals surface area contributed by atoms with Gasteiger partial charge in [0.15, 0.2) is 5.75 Å². The van der Waals surface area contributed by atoms with E-state index in [1.807, 2.05) is 0 Å². The van der Waals surface area contributed by atoms with Crippen LogP contribution < -0.4 is 5.73 Å². The number of carbonyl (C=O) groups excluding carboxylic acids is 1. The quantitative estimate of drug-likeness (QED) is 0.493. The normalized spacial score (nSPS) is 23.5. The first-order valence-electron chi connectivity index (χ1n) is 7.66. The van der Waals surface area contributed by atoms with Crippen molar-refractivity contribution in [1.29, 1.82) is 0 Å². The maximum absolute atomic E-state index is 11.8. The van der Waals surface area contributed by atoms with Gasteiger partial charge in [0.1, 0.15) is 5.37 Å². The van der Waals surface area contributed by atoms with E-state index < -0.39 is 10.8 Å². The molecule has 8 heteroatoms. The van der Waals surface area contributed by atoms with Gasteiger partial charge >= 0.3 is 5.69 Å². The number of phenols is 1. The molecule has 0 radical (unpaired) electrons. The minimum Gasteiger partial charge on any atom is -0.502 e. The molecule has 3 N–H and O–H groups in total. The SMILES string of the molecule is NC(=O)C1C2=C(CCCC2)SC1/N=C/c1ccc(O)c([N+](=O)[O-])c1. The smallest absolute Gasteiger partial charge is 0.311 e.